The van der Waals surface area contributed by atoms with Crippen LogP contribution in [0.5, 0.6) is 0 Å². The van der Waals surface area contributed by atoms with Crippen LogP contribution in [0.15, 0.2) is 48.5 Å². The predicted molar refractivity (Wildman–Crippen MR) is 202 cm³/mol. The molecule has 0 unspecified atom stereocenters. The highest BCUT2D eigenvalue weighted by molar-refractivity contribution is 7.22. The Hall–Kier alpha value is -3.83. The van der Waals surface area contributed by atoms with Gasteiger partial charge in [0.15, 0.2) is 6.10 Å². The first-order valence-corrected chi connectivity index (χ1v) is 19.0. The molecule has 5 aromatic rings. The number of thiazole rings is 1. The number of esters is 1. The SMILES string of the molecule is CCOC(=O)[C@@H](OC(C)(C)C)c1c(C)cc2nc(-c3ccc4c(c3)c(C3CCN(C(=O)[C@H]5CCCO5)CC3)nn4C)sc2c1-c1ccc(Cl)cc1. The lowest BCUT2D eigenvalue weighted by Gasteiger charge is -2.32. The molecule has 11 heteroatoms. The molecule has 2 aliphatic heterocycles. The Kier molecular flexibility index (Phi) is 9.97. The van der Waals surface area contributed by atoms with E-state index in [1.54, 1.807) is 18.3 Å². The van der Waals surface area contributed by atoms with E-state index in [-0.39, 0.29) is 24.5 Å². The van der Waals surface area contributed by atoms with Gasteiger partial charge in [0.25, 0.3) is 5.91 Å². The fraction of sp³-hybridized carbons (Fsp3) is 0.450. The monoisotopic (exact) mass is 728 g/mol. The standard InChI is InChI=1S/C40H45ClN4O5S/c1-7-48-39(47)35(50-40(3,4)5)32-23(2)21-29-36(33(32)24-10-13-27(41)14-11-24)51-37(42-29)26-12-15-30-28(22-26)34(43-44(30)6)25-16-18-45(19-17-25)38(46)31-9-8-20-49-31/h10-15,21-22,25,31,35H,7-9,16-20H2,1-6H3/t31-,35+/m1/s1. The van der Waals surface area contributed by atoms with Crippen molar-refractivity contribution in [3.05, 3.63) is 70.4 Å². The van der Waals surface area contributed by atoms with Crippen LogP contribution in [0.25, 0.3) is 42.8 Å². The normalized spacial score (nSPS) is 17.8. The molecule has 51 heavy (non-hydrogen) atoms. The maximum absolute atomic E-state index is 13.6. The minimum Gasteiger partial charge on any atom is -0.464 e. The zero-order valence-electron chi connectivity index (χ0n) is 30.1. The highest BCUT2D eigenvalue weighted by Gasteiger charge is 2.35. The molecule has 0 bridgehead atoms. The largest absolute Gasteiger partial charge is 0.464 e. The number of piperidine rings is 1. The summed E-state index contributed by atoms with van der Waals surface area (Å²) in [5.41, 5.74) is 6.82. The zero-order chi connectivity index (χ0) is 36.0. The molecule has 4 heterocycles. The van der Waals surface area contributed by atoms with Gasteiger partial charge in [-0.1, -0.05) is 23.7 Å². The summed E-state index contributed by atoms with van der Waals surface area (Å²) in [7, 11) is 1.99. The van der Waals surface area contributed by atoms with Crippen LogP contribution >= 0.6 is 22.9 Å². The zero-order valence-corrected chi connectivity index (χ0v) is 31.7. The number of amides is 1. The Morgan fingerprint density at radius 1 is 1.06 bits per heavy atom. The molecule has 2 aromatic heterocycles. The number of carbonyl (C=O) groups excluding carboxylic acids is 2. The molecule has 0 aliphatic carbocycles. The van der Waals surface area contributed by atoms with Crippen LogP contribution in [-0.4, -0.2) is 69.5 Å². The lowest BCUT2D eigenvalue weighted by molar-refractivity contribution is -0.166. The minimum absolute atomic E-state index is 0.129. The second kappa shape index (κ2) is 14.3. The lowest BCUT2D eigenvalue weighted by Crippen LogP contribution is -2.43. The first-order valence-electron chi connectivity index (χ1n) is 17.8. The number of rotatable bonds is 8. The van der Waals surface area contributed by atoms with Gasteiger partial charge in [-0.3, -0.25) is 9.48 Å². The van der Waals surface area contributed by atoms with Crippen molar-refractivity contribution in [1.29, 1.82) is 0 Å². The van der Waals surface area contributed by atoms with Crippen LogP contribution in [0.2, 0.25) is 5.02 Å². The number of likely N-dealkylation sites (tertiary alicyclic amines) is 1. The summed E-state index contributed by atoms with van der Waals surface area (Å²) in [6, 6.07) is 16.2. The van der Waals surface area contributed by atoms with E-state index in [1.165, 1.54) is 0 Å². The van der Waals surface area contributed by atoms with Gasteiger partial charge in [0.2, 0.25) is 0 Å². The Bertz CT molecular complexity index is 2090. The number of aromatic nitrogens is 3. The average molecular weight is 729 g/mol. The van der Waals surface area contributed by atoms with E-state index < -0.39 is 17.7 Å². The van der Waals surface area contributed by atoms with Crippen LogP contribution in [0, 0.1) is 6.92 Å². The van der Waals surface area contributed by atoms with Crippen molar-refractivity contribution >= 4 is 55.9 Å². The minimum atomic E-state index is -0.938. The first-order chi connectivity index (χ1) is 24.4. The number of nitrogens with zero attached hydrogens (tertiary/aromatic N) is 4. The molecule has 0 radical (unpaired) electrons. The molecular weight excluding hydrogens is 684 g/mol. The van der Waals surface area contributed by atoms with Crippen LogP contribution in [0.1, 0.15) is 82.2 Å². The molecule has 2 fully saturated rings. The summed E-state index contributed by atoms with van der Waals surface area (Å²) < 4.78 is 20.6. The van der Waals surface area contributed by atoms with Gasteiger partial charge in [0.1, 0.15) is 11.1 Å². The highest BCUT2D eigenvalue weighted by atomic mass is 35.5. The Morgan fingerprint density at radius 3 is 2.45 bits per heavy atom. The van der Waals surface area contributed by atoms with Crippen molar-refractivity contribution in [1.82, 2.24) is 19.7 Å². The van der Waals surface area contributed by atoms with Gasteiger partial charge in [0.05, 0.1) is 33.6 Å². The molecule has 2 saturated heterocycles. The molecule has 268 valence electrons. The molecular formula is C40H45ClN4O5S. The summed E-state index contributed by atoms with van der Waals surface area (Å²) >= 11 is 7.94. The number of benzene rings is 3. The molecule has 9 nitrogen and oxygen atoms in total. The van der Waals surface area contributed by atoms with E-state index in [0.29, 0.717) is 24.7 Å². The molecule has 2 atom stereocenters. The molecule has 0 spiro atoms. The van der Waals surface area contributed by atoms with Gasteiger partial charge < -0.3 is 19.1 Å². The van der Waals surface area contributed by atoms with Crippen LogP contribution in [-0.2, 0) is 30.8 Å². The Balaban J connectivity index is 1.29. The van der Waals surface area contributed by atoms with Crippen LogP contribution in [0.4, 0.5) is 0 Å². The molecule has 3 aromatic carbocycles. The summed E-state index contributed by atoms with van der Waals surface area (Å²) in [4.78, 5) is 33.7. The molecule has 1 amide bonds. The van der Waals surface area contributed by atoms with E-state index in [0.717, 1.165) is 85.3 Å². The van der Waals surface area contributed by atoms with Gasteiger partial charge in [-0.2, -0.15) is 5.10 Å². The summed E-state index contributed by atoms with van der Waals surface area (Å²) in [6.07, 6.45) is 2.27. The number of aryl methyl sites for hydroxylation is 2. The van der Waals surface area contributed by atoms with Gasteiger partial charge in [-0.15, -0.1) is 11.3 Å². The van der Waals surface area contributed by atoms with Gasteiger partial charge in [0, 0.05) is 59.8 Å². The average Bonchev–Trinajstić information content (AvgIpc) is 3.86. The number of hydrogen-bond acceptors (Lipinski definition) is 8. The van der Waals surface area contributed by atoms with Gasteiger partial charge in [-0.05, 0) is 108 Å². The van der Waals surface area contributed by atoms with Gasteiger partial charge in [-0.25, -0.2) is 9.78 Å². The van der Waals surface area contributed by atoms with Gasteiger partial charge >= 0.3 is 5.97 Å². The quantitative estimate of drug-likeness (QED) is 0.147. The van der Waals surface area contributed by atoms with Crippen LogP contribution in [0.3, 0.4) is 0 Å². The van der Waals surface area contributed by atoms with E-state index in [1.807, 2.05) is 74.7 Å². The summed E-state index contributed by atoms with van der Waals surface area (Å²) in [6.45, 7) is 12.0. The Labute approximate surface area is 307 Å². The third-order valence-electron chi connectivity index (χ3n) is 9.82. The van der Waals surface area contributed by atoms with E-state index in [9.17, 15) is 9.59 Å². The van der Waals surface area contributed by atoms with Crippen molar-refractivity contribution in [2.24, 2.45) is 7.05 Å². The first kappa shape index (κ1) is 35.6. The number of ether oxygens (including phenoxy) is 3. The molecule has 0 N–H and O–H groups in total. The van der Waals surface area contributed by atoms with Crippen molar-refractivity contribution in [2.75, 3.05) is 26.3 Å². The van der Waals surface area contributed by atoms with E-state index in [4.69, 9.17) is 35.9 Å². The summed E-state index contributed by atoms with van der Waals surface area (Å²) in [5, 5.41) is 7.61. The second-order valence-electron chi connectivity index (χ2n) is 14.6. The lowest BCUT2D eigenvalue weighted by atomic mass is 9.91. The smallest absolute Gasteiger partial charge is 0.339 e. The number of hydrogen-bond donors (Lipinski definition) is 0. The fourth-order valence-electron chi connectivity index (χ4n) is 7.45. The van der Waals surface area contributed by atoms with E-state index >= 15 is 0 Å². The van der Waals surface area contributed by atoms with Crippen molar-refractivity contribution in [3.8, 4) is 21.7 Å². The Morgan fingerprint density at radius 2 is 1.78 bits per heavy atom. The van der Waals surface area contributed by atoms with Crippen molar-refractivity contribution in [2.45, 2.75) is 84.0 Å². The fourth-order valence-corrected chi connectivity index (χ4v) is 8.70. The van der Waals surface area contributed by atoms with Crippen molar-refractivity contribution in [3.63, 3.8) is 0 Å². The molecule has 0 saturated carbocycles. The summed E-state index contributed by atoms with van der Waals surface area (Å²) in [5.74, 6) is -0.0477. The van der Waals surface area contributed by atoms with Crippen molar-refractivity contribution < 1.29 is 23.8 Å². The maximum Gasteiger partial charge on any atom is 0.339 e. The molecule has 2 aliphatic rings. The van der Waals surface area contributed by atoms with Crippen LogP contribution < -0.4 is 0 Å². The highest BCUT2D eigenvalue weighted by Crippen LogP contribution is 2.45. The predicted octanol–water partition coefficient (Wildman–Crippen LogP) is 8.78. The number of halogens is 1. The van der Waals surface area contributed by atoms with E-state index in [2.05, 4.69) is 18.2 Å². The topological polar surface area (TPSA) is 95.8 Å². The maximum atomic E-state index is 13.6. The number of carbonyl (C=O) groups is 2. The number of fused-ring (bicyclic) bond motifs is 2. The second-order valence-corrected chi connectivity index (χ2v) is 16.0. The molecule has 7 rings (SSSR count). The third-order valence-corrected chi connectivity index (χ3v) is 11.2. The third kappa shape index (κ3) is 7.16.